The van der Waals surface area contributed by atoms with E-state index in [4.69, 9.17) is 0 Å². The SMILES string of the molecule is CC(=O)NCCSc1c(-c2ccccc2)[nH]c2ccccc12. The Morgan fingerprint density at radius 2 is 1.82 bits per heavy atom. The van der Waals surface area contributed by atoms with Crippen molar-refractivity contribution in [1.82, 2.24) is 10.3 Å². The van der Waals surface area contributed by atoms with Gasteiger partial charge in [-0.25, -0.2) is 0 Å². The number of thioether (sulfide) groups is 1. The first-order valence-corrected chi connectivity index (χ1v) is 8.27. The van der Waals surface area contributed by atoms with Crippen LogP contribution in [0.3, 0.4) is 0 Å². The van der Waals surface area contributed by atoms with E-state index in [0.29, 0.717) is 6.54 Å². The summed E-state index contributed by atoms with van der Waals surface area (Å²) in [5.41, 5.74) is 3.47. The lowest BCUT2D eigenvalue weighted by Crippen LogP contribution is -2.22. The van der Waals surface area contributed by atoms with Crippen LogP contribution >= 0.6 is 11.8 Å². The number of hydrogen-bond donors (Lipinski definition) is 2. The van der Waals surface area contributed by atoms with Crippen molar-refractivity contribution in [3.63, 3.8) is 0 Å². The zero-order valence-electron chi connectivity index (χ0n) is 12.4. The summed E-state index contributed by atoms with van der Waals surface area (Å²) in [6.45, 7) is 2.22. The molecule has 1 amide bonds. The van der Waals surface area contributed by atoms with Crippen LogP contribution in [-0.4, -0.2) is 23.2 Å². The molecule has 0 saturated heterocycles. The van der Waals surface area contributed by atoms with Crippen LogP contribution in [-0.2, 0) is 4.79 Å². The van der Waals surface area contributed by atoms with Crippen molar-refractivity contribution in [2.24, 2.45) is 0 Å². The molecule has 0 spiro atoms. The van der Waals surface area contributed by atoms with Gasteiger partial charge in [-0.05, 0) is 11.6 Å². The largest absolute Gasteiger partial charge is 0.356 e. The van der Waals surface area contributed by atoms with Crippen molar-refractivity contribution in [3.8, 4) is 11.3 Å². The topological polar surface area (TPSA) is 44.9 Å². The molecule has 2 aromatic carbocycles. The number of carbonyl (C=O) groups excluding carboxylic acids is 1. The summed E-state index contributed by atoms with van der Waals surface area (Å²) in [4.78, 5) is 15.7. The summed E-state index contributed by atoms with van der Waals surface area (Å²) in [7, 11) is 0. The van der Waals surface area contributed by atoms with Crippen LogP contribution in [0.1, 0.15) is 6.92 Å². The summed E-state index contributed by atoms with van der Waals surface area (Å²) in [6, 6.07) is 18.7. The fourth-order valence-corrected chi connectivity index (χ4v) is 3.51. The van der Waals surface area contributed by atoms with Crippen molar-refractivity contribution in [1.29, 1.82) is 0 Å². The van der Waals surface area contributed by atoms with Gasteiger partial charge in [0.2, 0.25) is 5.91 Å². The third-order valence-corrected chi connectivity index (χ3v) is 4.56. The summed E-state index contributed by atoms with van der Waals surface area (Å²) >= 11 is 1.77. The number of carbonyl (C=O) groups is 1. The van der Waals surface area contributed by atoms with Gasteiger partial charge in [0.05, 0.1) is 5.69 Å². The highest BCUT2D eigenvalue weighted by atomic mass is 32.2. The zero-order chi connectivity index (χ0) is 15.4. The number of aromatic nitrogens is 1. The van der Waals surface area contributed by atoms with Crippen LogP contribution in [0.5, 0.6) is 0 Å². The molecule has 4 heteroatoms. The van der Waals surface area contributed by atoms with Crippen LogP contribution in [0.4, 0.5) is 0 Å². The highest BCUT2D eigenvalue weighted by Gasteiger charge is 2.13. The van der Waals surface area contributed by atoms with Crippen molar-refractivity contribution < 1.29 is 4.79 Å². The lowest BCUT2D eigenvalue weighted by Gasteiger charge is -2.06. The molecule has 0 unspecified atom stereocenters. The van der Waals surface area contributed by atoms with Crippen molar-refractivity contribution in [2.75, 3.05) is 12.3 Å². The third kappa shape index (κ3) is 3.17. The Morgan fingerprint density at radius 1 is 1.09 bits per heavy atom. The minimum Gasteiger partial charge on any atom is -0.356 e. The Hall–Kier alpha value is -2.20. The molecule has 3 nitrogen and oxygen atoms in total. The van der Waals surface area contributed by atoms with Gasteiger partial charge in [0.1, 0.15) is 0 Å². The molecule has 0 radical (unpaired) electrons. The molecule has 3 rings (SSSR count). The fraction of sp³-hybridized carbons (Fsp3) is 0.167. The van der Waals surface area contributed by atoms with E-state index in [2.05, 4.69) is 40.6 Å². The predicted octanol–water partition coefficient (Wildman–Crippen LogP) is 4.06. The molecule has 0 aliphatic rings. The molecular weight excluding hydrogens is 292 g/mol. The van der Waals surface area contributed by atoms with E-state index in [1.54, 1.807) is 18.7 Å². The molecule has 22 heavy (non-hydrogen) atoms. The molecule has 0 aliphatic carbocycles. The molecular formula is C18H18N2OS. The predicted molar refractivity (Wildman–Crippen MR) is 93.1 cm³/mol. The smallest absolute Gasteiger partial charge is 0.216 e. The Labute approximate surface area is 134 Å². The number of H-pyrrole nitrogens is 1. The van der Waals surface area contributed by atoms with Gasteiger partial charge in [0.15, 0.2) is 0 Å². The normalized spacial score (nSPS) is 10.8. The van der Waals surface area contributed by atoms with Gasteiger partial charge in [-0.2, -0.15) is 0 Å². The Bertz CT molecular complexity index is 780. The number of amides is 1. The maximum absolute atomic E-state index is 11.0. The molecule has 1 heterocycles. The van der Waals surface area contributed by atoms with Crippen molar-refractivity contribution in [3.05, 3.63) is 54.6 Å². The lowest BCUT2D eigenvalue weighted by molar-refractivity contribution is -0.118. The Kier molecular flexibility index (Phi) is 4.49. The van der Waals surface area contributed by atoms with Crippen LogP contribution < -0.4 is 5.32 Å². The minimum absolute atomic E-state index is 0.0165. The molecule has 0 bridgehead atoms. The van der Waals surface area contributed by atoms with Gasteiger partial charge in [-0.3, -0.25) is 4.79 Å². The highest BCUT2D eigenvalue weighted by Crippen LogP contribution is 2.37. The molecule has 0 fully saturated rings. The molecule has 0 saturated carbocycles. The van der Waals surface area contributed by atoms with Crippen LogP contribution in [0.2, 0.25) is 0 Å². The van der Waals surface area contributed by atoms with E-state index < -0.39 is 0 Å². The molecule has 0 aliphatic heterocycles. The monoisotopic (exact) mass is 310 g/mol. The number of para-hydroxylation sites is 1. The summed E-state index contributed by atoms with van der Waals surface area (Å²) in [5.74, 6) is 0.865. The number of benzene rings is 2. The van der Waals surface area contributed by atoms with Crippen LogP contribution in [0.15, 0.2) is 59.5 Å². The summed E-state index contributed by atoms with van der Waals surface area (Å²) in [5, 5.41) is 4.08. The van der Waals surface area contributed by atoms with Crippen molar-refractivity contribution >= 4 is 28.6 Å². The maximum Gasteiger partial charge on any atom is 0.216 e. The van der Waals surface area contributed by atoms with Crippen LogP contribution in [0.25, 0.3) is 22.2 Å². The van der Waals surface area contributed by atoms with Gasteiger partial charge in [-0.1, -0.05) is 48.5 Å². The second kappa shape index (κ2) is 6.71. The standard InChI is InChI=1S/C18H18N2OS/c1-13(21)19-11-12-22-18-15-9-5-6-10-16(15)20-17(18)14-7-3-2-4-8-14/h2-10,20H,11-12H2,1H3,(H,19,21). The zero-order valence-corrected chi connectivity index (χ0v) is 13.2. The van der Waals surface area contributed by atoms with E-state index in [1.165, 1.54) is 15.8 Å². The first-order valence-electron chi connectivity index (χ1n) is 7.29. The third-order valence-electron chi connectivity index (χ3n) is 3.44. The minimum atomic E-state index is 0.0165. The Morgan fingerprint density at radius 3 is 2.59 bits per heavy atom. The average molecular weight is 310 g/mol. The van der Waals surface area contributed by atoms with Gasteiger partial charge >= 0.3 is 0 Å². The van der Waals surface area contributed by atoms with E-state index in [9.17, 15) is 4.79 Å². The van der Waals surface area contributed by atoms with E-state index in [1.807, 2.05) is 24.3 Å². The molecule has 0 atom stereocenters. The second-order valence-corrected chi connectivity index (χ2v) is 6.18. The van der Waals surface area contributed by atoms with Crippen molar-refractivity contribution in [2.45, 2.75) is 11.8 Å². The van der Waals surface area contributed by atoms with Gasteiger partial charge in [-0.15, -0.1) is 11.8 Å². The maximum atomic E-state index is 11.0. The first-order chi connectivity index (χ1) is 10.8. The van der Waals surface area contributed by atoms with E-state index in [-0.39, 0.29) is 5.91 Å². The first kappa shape index (κ1) is 14.7. The summed E-state index contributed by atoms with van der Waals surface area (Å²) < 4.78 is 0. The van der Waals surface area contributed by atoms with Gasteiger partial charge in [0, 0.05) is 35.0 Å². The van der Waals surface area contributed by atoms with E-state index >= 15 is 0 Å². The molecule has 3 aromatic rings. The number of fused-ring (bicyclic) bond motifs is 1. The van der Waals surface area contributed by atoms with Gasteiger partial charge < -0.3 is 10.3 Å². The number of nitrogens with one attached hydrogen (secondary N) is 2. The Balaban J connectivity index is 1.93. The quantitative estimate of drug-likeness (QED) is 0.551. The lowest BCUT2D eigenvalue weighted by atomic mass is 10.1. The molecule has 2 N–H and O–H groups in total. The molecule has 1 aromatic heterocycles. The number of aromatic amines is 1. The summed E-state index contributed by atoms with van der Waals surface area (Å²) in [6.07, 6.45) is 0. The van der Waals surface area contributed by atoms with Gasteiger partial charge in [0.25, 0.3) is 0 Å². The fourth-order valence-electron chi connectivity index (χ4n) is 2.45. The number of hydrogen-bond acceptors (Lipinski definition) is 2. The average Bonchev–Trinajstić information content (AvgIpc) is 2.91. The highest BCUT2D eigenvalue weighted by molar-refractivity contribution is 7.99. The van der Waals surface area contributed by atoms with Crippen LogP contribution in [0, 0.1) is 0 Å². The van der Waals surface area contributed by atoms with E-state index in [0.717, 1.165) is 17.0 Å². The number of rotatable bonds is 5. The second-order valence-electron chi connectivity index (χ2n) is 5.07. The molecule has 112 valence electrons.